The lowest BCUT2D eigenvalue weighted by Gasteiger charge is -2.30. The number of nitrogens with zero attached hydrogens (tertiary/aromatic N) is 2. The van der Waals surface area contributed by atoms with E-state index >= 15 is 0 Å². The first-order valence-corrected chi connectivity index (χ1v) is 11.5. The quantitative estimate of drug-likeness (QED) is 0.543. The first kappa shape index (κ1) is 22.7. The molecule has 0 saturated carbocycles. The summed E-state index contributed by atoms with van der Waals surface area (Å²) in [5, 5.41) is 3.65. The number of furan rings is 1. The predicted molar refractivity (Wildman–Crippen MR) is 125 cm³/mol. The van der Waals surface area contributed by atoms with Gasteiger partial charge in [0.15, 0.2) is 17.3 Å². The van der Waals surface area contributed by atoms with Crippen LogP contribution in [0.3, 0.4) is 0 Å². The third kappa shape index (κ3) is 4.61. The van der Waals surface area contributed by atoms with E-state index in [1.165, 1.54) is 11.1 Å². The Hall–Kier alpha value is -3.07. The van der Waals surface area contributed by atoms with Gasteiger partial charge in [0, 0.05) is 56.3 Å². The van der Waals surface area contributed by atoms with E-state index in [9.17, 15) is 4.79 Å². The number of fused-ring (bicyclic) bond motifs is 2. The van der Waals surface area contributed by atoms with Crippen LogP contribution >= 0.6 is 11.6 Å². The largest absolute Gasteiger partial charge is 0.454 e. The third-order valence-corrected chi connectivity index (χ3v) is 6.56. The zero-order valence-corrected chi connectivity index (χ0v) is 19.9. The lowest BCUT2D eigenvalue weighted by atomic mass is 9.94. The minimum absolute atomic E-state index is 0.227. The van der Waals surface area contributed by atoms with E-state index in [2.05, 4.69) is 15.2 Å². The summed E-state index contributed by atoms with van der Waals surface area (Å²) in [4.78, 5) is 19.5. The van der Waals surface area contributed by atoms with Gasteiger partial charge in [0.1, 0.15) is 12.4 Å². The molecule has 8 nitrogen and oxygen atoms in total. The molecule has 0 bridgehead atoms. The van der Waals surface area contributed by atoms with Crippen LogP contribution in [0.5, 0.6) is 11.5 Å². The van der Waals surface area contributed by atoms with Crippen molar-refractivity contribution in [3.63, 3.8) is 0 Å². The maximum Gasteiger partial charge on any atom is 0.287 e. The summed E-state index contributed by atoms with van der Waals surface area (Å²) in [7, 11) is 1.58. The van der Waals surface area contributed by atoms with Crippen LogP contribution in [0.1, 0.15) is 44.3 Å². The third-order valence-electron chi connectivity index (χ3n) is 6.21. The molecule has 5 rings (SSSR count). The number of hydrogen-bond donors (Lipinski definition) is 1. The SMILES string of the molecule is COCc1ccc(C(=O)NCc2c(C)ncc3c2CCN(Cc2cc4c(cc2Cl)OCO4)C3)o1. The molecule has 2 aliphatic rings. The minimum atomic E-state index is -0.255. The first-order chi connectivity index (χ1) is 16.5. The molecule has 0 atom stereocenters. The number of aryl methyl sites for hydroxylation is 1. The van der Waals surface area contributed by atoms with Gasteiger partial charge in [0.25, 0.3) is 5.91 Å². The van der Waals surface area contributed by atoms with Crippen LogP contribution in [0.4, 0.5) is 0 Å². The van der Waals surface area contributed by atoms with Crippen molar-refractivity contribution in [2.24, 2.45) is 0 Å². The van der Waals surface area contributed by atoms with Crippen LogP contribution < -0.4 is 14.8 Å². The van der Waals surface area contributed by atoms with Crippen molar-refractivity contribution in [2.75, 3.05) is 20.4 Å². The number of amides is 1. The number of rotatable bonds is 7. The van der Waals surface area contributed by atoms with Gasteiger partial charge in [-0.1, -0.05) is 11.6 Å². The molecule has 1 aromatic carbocycles. The molecule has 1 amide bonds. The molecule has 0 unspecified atom stereocenters. The number of ether oxygens (including phenoxy) is 3. The Kier molecular flexibility index (Phi) is 6.45. The standard InChI is InChI=1S/C25H26ClN3O5/c1-15-20(10-28-25(30)22-4-3-18(34-22)13-31-2)19-5-6-29(12-17(19)9-27-15)11-16-7-23-24(8-21(16)26)33-14-32-23/h3-4,7-9H,5-6,10-14H2,1-2H3,(H,28,30). The van der Waals surface area contributed by atoms with Crippen LogP contribution in [0.2, 0.25) is 5.02 Å². The molecule has 0 fully saturated rings. The highest BCUT2D eigenvalue weighted by Gasteiger charge is 2.24. The summed E-state index contributed by atoms with van der Waals surface area (Å²) in [6, 6.07) is 7.19. The van der Waals surface area contributed by atoms with Crippen molar-refractivity contribution in [1.29, 1.82) is 0 Å². The summed E-state index contributed by atoms with van der Waals surface area (Å²) in [6.07, 6.45) is 2.80. The van der Waals surface area contributed by atoms with Gasteiger partial charge >= 0.3 is 0 Å². The topological polar surface area (TPSA) is 86.1 Å². The van der Waals surface area contributed by atoms with E-state index in [4.69, 9.17) is 30.2 Å². The Morgan fingerprint density at radius 3 is 2.91 bits per heavy atom. The van der Waals surface area contributed by atoms with Crippen LogP contribution in [0.25, 0.3) is 0 Å². The zero-order chi connectivity index (χ0) is 23.7. The number of carbonyl (C=O) groups is 1. The van der Waals surface area contributed by atoms with Crippen molar-refractivity contribution < 1.29 is 23.4 Å². The van der Waals surface area contributed by atoms with Gasteiger partial charge in [-0.05, 0) is 53.8 Å². The fourth-order valence-electron chi connectivity index (χ4n) is 4.45. The van der Waals surface area contributed by atoms with E-state index in [1.807, 2.05) is 25.3 Å². The summed E-state index contributed by atoms with van der Waals surface area (Å²) >= 11 is 6.48. The second kappa shape index (κ2) is 9.66. The summed E-state index contributed by atoms with van der Waals surface area (Å²) in [5.41, 5.74) is 5.41. The monoisotopic (exact) mass is 483 g/mol. The number of pyridine rings is 1. The smallest absolute Gasteiger partial charge is 0.287 e. The van der Waals surface area contributed by atoms with Crippen LogP contribution in [0.15, 0.2) is 34.9 Å². The molecule has 4 heterocycles. The van der Waals surface area contributed by atoms with E-state index in [0.717, 1.165) is 42.1 Å². The second-order valence-electron chi connectivity index (χ2n) is 8.47. The van der Waals surface area contributed by atoms with Crippen molar-refractivity contribution in [1.82, 2.24) is 15.2 Å². The maximum absolute atomic E-state index is 12.6. The Morgan fingerprint density at radius 1 is 1.26 bits per heavy atom. The van der Waals surface area contributed by atoms with Gasteiger partial charge in [-0.2, -0.15) is 0 Å². The minimum Gasteiger partial charge on any atom is -0.454 e. The number of methoxy groups -OCH3 is 1. The van der Waals surface area contributed by atoms with Crippen molar-refractivity contribution >= 4 is 17.5 Å². The molecule has 9 heteroatoms. The molecule has 0 spiro atoms. The van der Waals surface area contributed by atoms with Gasteiger partial charge in [0.05, 0.1) is 0 Å². The summed E-state index contributed by atoms with van der Waals surface area (Å²) in [5.74, 6) is 2.06. The fourth-order valence-corrected chi connectivity index (χ4v) is 4.66. The van der Waals surface area contributed by atoms with Crippen LogP contribution in [-0.2, 0) is 37.4 Å². The molecule has 1 N–H and O–H groups in total. The molecule has 34 heavy (non-hydrogen) atoms. The molecular formula is C25H26ClN3O5. The Morgan fingerprint density at radius 2 is 2.09 bits per heavy atom. The number of benzene rings is 1. The molecule has 178 valence electrons. The van der Waals surface area contributed by atoms with Crippen molar-refractivity contribution in [2.45, 2.75) is 39.6 Å². The molecule has 2 aliphatic heterocycles. The van der Waals surface area contributed by atoms with Gasteiger partial charge in [0.2, 0.25) is 6.79 Å². The normalized spacial score (nSPS) is 14.8. The highest BCUT2D eigenvalue weighted by atomic mass is 35.5. The Balaban J connectivity index is 1.27. The molecule has 3 aromatic rings. The predicted octanol–water partition coefficient (Wildman–Crippen LogP) is 4.00. The van der Waals surface area contributed by atoms with Gasteiger partial charge in [-0.3, -0.25) is 14.7 Å². The Bertz CT molecular complexity index is 1230. The first-order valence-electron chi connectivity index (χ1n) is 11.1. The summed E-state index contributed by atoms with van der Waals surface area (Å²) in [6.45, 7) is 5.27. The second-order valence-corrected chi connectivity index (χ2v) is 8.87. The lowest BCUT2D eigenvalue weighted by molar-refractivity contribution is 0.0914. The van der Waals surface area contributed by atoms with E-state index in [1.54, 1.807) is 19.2 Å². The highest BCUT2D eigenvalue weighted by Crippen LogP contribution is 2.37. The van der Waals surface area contributed by atoms with E-state index in [0.29, 0.717) is 36.2 Å². The van der Waals surface area contributed by atoms with E-state index < -0.39 is 0 Å². The fraction of sp³-hybridized carbons (Fsp3) is 0.360. The van der Waals surface area contributed by atoms with Gasteiger partial charge < -0.3 is 23.9 Å². The Labute approximate surface area is 202 Å². The van der Waals surface area contributed by atoms with Crippen LogP contribution in [0, 0.1) is 6.92 Å². The molecule has 0 radical (unpaired) electrons. The van der Waals surface area contributed by atoms with Crippen molar-refractivity contribution in [3.05, 3.63) is 75.0 Å². The number of hydrogen-bond acceptors (Lipinski definition) is 7. The van der Waals surface area contributed by atoms with E-state index in [-0.39, 0.29) is 18.5 Å². The average molecular weight is 484 g/mol. The van der Waals surface area contributed by atoms with Crippen LogP contribution in [-0.4, -0.2) is 36.2 Å². The lowest BCUT2D eigenvalue weighted by Crippen LogP contribution is -2.32. The van der Waals surface area contributed by atoms with Gasteiger partial charge in [-0.25, -0.2) is 0 Å². The number of halogens is 1. The zero-order valence-electron chi connectivity index (χ0n) is 19.2. The summed E-state index contributed by atoms with van der Waals surface area (Å²) < 4.78 is 21.5. The number of carbonyl (C=O) groups excluding carboxylic acids is 1. The van der Waals surface area contributed by atoms with Crippen molar-refractivity contribution in [3.8, 4) is 11.5 Å². The average Bonchev–Trinajstić information content (AvgIpc) is 3.48. The number of aromatic nitrogens is 1. The molecule has 2 aromatic heterocycles. The molecule has 0 saturated heterocycles. The maximum atomic E-state index is 12.6. The number of nitrogens with one attached hydrogen (secondary N) is 1. The molecule has 0 aliphatic carbocycles. The molecular weight excluding hydrogens is 458 g/mol. The highest BCUT2D eigenvalue weighted by molar-refractivity contribution is 6.31. The van der Waals surface area contributed by atoms with Gasteiger partial charge in [-0.15, -0.1) is 0 Å².